The van der Waals surface area contributed by atoms with E-state index in [0.29, 0.717) is 11.6 Å². The lowest BCUT2D eigenvalue weighted by Crippen LogP contribution is -2.15. The minimum atomic E-state index is -3.26. The zero-order valence-corrected chi connectivity index (χ0v) is 12.0. The van der Waals surface area contributed by atoms with E-state index in [4.69, 9.17) is 5.73 Å². The molecule has 1 aromatic rings. The third-order valence-corrected chi connectivity index (χ3v) is 5.46. The van der Waals surface area contributed by atoms with Crippen molar-refractivity contribution in [2.45, 2.75) is 11.3 Å². The van der Waals surface area contributed by atoms with E-state index in [2.05, 4.69) is 5.32 Å². The van der Waals surface area contributed by atoms with E-state index in [1.807, 2.05) is 17.8 Å². The molecule has 0 aliphatic carbocycles. The van der Waals surface area contributed by atoms with Crippen molar-refractivity contribution in [2.24, 2.45) is 5.92 Å². The highest BCUT2D eigenvalue weighted by atomic mass is 32.2. The van der Waals surface area contributed by atoms with Gasteiger partial charge in [-0.25, -0.2) is 8.42 Å². The fourth-order valence-corrected chi connectivity index (χ4v) is 4.14. The number of nitrogens with one attached hydrogen (secondary N) is 1. The van der Waals surface area contributed by atoms with E-state index in [1.165, 1.54) is 24.2 Å². The van der Waals surface area contributed by atoms with Gasteiger partial charge in [-0.1, -0.05) is 6.07 Å². The molecule has 3 N–H and O–H groups in total. The van der Waals surface area contributed by atoms with Gasteiger partial charge in [0.2, 0.25) is 0 Å². The minimum Gasteiger partial charge on any atom is -0.396 e. The van der Waals surface area contributed by atoms with E-state index in [1.54, 1.807) is 12.1 Å². The Hall–Kier alpha value is -0.880. The van der Waals surface area contributed by atoms with Crippen molar-refractivity contribution in [1.29, 1.82) is 0 Å². The molecule has 1 aliphatic rings. The molecule has 4 nitrogen and oxygen atoms in total. The summed E-state index contributed by atoms with van der Waals surface area (Å²) in [6.45, 7) is 0.852. The number of para-hydroxylation sites is 1. The number of hydrogen-bond acceptors (Lipinski definition) is 5. The summed E-state index contributed by atoms with van der Waals surface area (Å²) >= 11 is 1.96. The monoisotopic (exact) mass is 286 g/mol. The molecule has 1 aromatic carbocycles. The molecule has 0 bridgehead atoms. The van der Waals surface area contributed by atoms with Crippen LogP contribution >= 0.6 is 11.8 Å². The van der Waals surface area contributed by atoms with Crippen molar-refractivity contribution in [2.75, 3.05) is 35.4 Å². The number of anilines is 2. The molecule has 1 saturated heterocycles. The summed E-state index contributed by atoms with van der Waals surface area (Å²) in [4.78, 5) is 0.202. The standard InChI is InChI=1S/C12H18N2O2S2/c1-18(15,16)11-4-2-3-10(12(11)13)14-7-9-5-6-17-8-9/h2-4,9,14H,5-8,13H2,1H3. The molecule has 18 heavy (non-hydrogen) atoms. The zero-order chi connectivity index (χ0) is 13.2. The van der Waals surface area contributed by atoms with E-state index in [0.717, 1.165) is 12.2 Å². The Kier molecular flexibility index (Phi) is 4.07. The van der Waals surface area contributed by atoms with Gasteiger partial charge in [0.25, 0.3) is 0 Å². The molecule has 1 fully saturated rings. The van der Waals surface area contributed by atoms with Gasteiger partial charge in [0.15, 0.2) is 9.84 Å². The smallest absolute Gasteiger partial charge is 0.177 e. The Balaban J connectivity index is 2.13. The van der Waals surface area contributed by atoms with Crippen LogP contribution in [0.1, 0.15) is 6.42 Å². The van der Waals surface area contributed by atoms with Crippen LogP contribution in [0.15, 0.2) is 23.1 Å². The van der Waals surface area contributed by atoms with Gasteiger partial charge in [0, 0.05) is 12.8 Å². The van der Waals surface area contributed by atoms with Crippen LogP contribution in [0.4, 0.5) is 11.4 Å². The summed E-state index contributed by atoms with van der Waals surface area (Å²) in [6, 6.07) is 5.09. The average Bonchev–Trinajstić information content (AvgIpc) is 2.79. The molecule has 0 saturated carbocycles. The van der Waals surface area contributed by atoms with Crippen molar-refractivity contribution in [1.82, 2.24) is 0 Å². The number of nitrogens with two attached hydrogens (primary N) is 1. The fourth-order valence-electron chi connectivity index (χ4n) is 2.02. The average molecular weight is 286 g/mol. The predicted octanol–water partition coefficient (Wildman–Crippen LogP) is 1.84. The molecule has 1 unspecified atom stereocenters. The molecule has 1 atom stereocenters. The third-order valence-electron chi connectivity index (χ3n) is 3.07. The first-order valence-electron chi connectivity index (χ1n) is 5.88. The van der Waals surface area contributed by atoms with Gasteiger partial charge in [-0.3, -0.25) is 0 Å². The summed E-state index contributed by atoms with van der Waals surface area (Å²) in [7, 11) is -3.26. The molecule has 1 heterocycles. The first-order chi connectivity index (χ1) is 8.48. The quantitative estimate of drug-likeness (QED) is 0.826. The second-order valence-corrected chi connectivity index (χ2v) is 7.73. The lowest BCUT2D eigenvalue weighted by Gasteiger charge is -2.14. The van der Waals surface area contributed by atoms with Crippen LogP contribution in [-0.4, -0.2) is 32.7 Å². The molecular formula is C12H18N2O2S2. The second-order valence-electron chi connectivity index (χ2n) is 4.60. The van der Waals surface area contributed by atoms with E-state index < -0.39 is 9.84 Å². The summed E-state index contributed by atoms with van der Waals surface area (Å²) in [5, 5.41) is 3.26. The molecule has 0 amide bonds. The number of rotatable bonds is 4. The summed E-state index contributed by atoms with van der Waals surface area (Å²) in [5.41, 5.74) is 6.95. The van der Waals surface area contributed by atoms with Crippen LogP contribution in [0.25, 0.3) is 0 Å². The maximum atomic E-state index is 11.6. The van der Waals surface area contributed by atoms with Crippen molar-refractivity contribution < 1.29 is 8.42 Å². The number of benzene rings is 1. The number of nitrogen functional groups attached to an aromatic ring is 1. The van der Waals surface area contributed by atoms with E-state index in [-0.39, 0.29) is 4.90 Å². The van der Waals surface area contributed by atoms with Crippen molar-refractivity contribution in [3.63, 3.8) is 0 Å². The zero-order valence-electron chi connectivity index (χ0n) is 10.3. The van der Waals surface area contributed by atoms with Crippen molar-refractivity contribution in [3.05, 3.63) is 18.2 Å². The minimum absolute atomic E-state index is 0.202. The summed E-state index contributed by atoms with van der Waals surface area (Å²) < 4.78 is 23.1. The van der Waals surface area contributed by atoms with Gasteiger partial charge >= 0.3 is 0 Å². The van der Waals surface area contributed by atoms with Crippen molar-refractivity contribution >= 4 is 33.0 Å². The Bertz CT molecular complexity index is 523. The summed E-state index contributed by atoms with van der Waals surface area (Å²) in [5.74, 6) is 3.03. The number of thioether (sulfide) groups is 1. The van der Waals surface area contributed by atoms with Crippen LogP contribution in [0, 0.1) is 5.92 Å². The molecule has 0 radical (unpaired) electrons. The maximum absolute atomic E-state index is 11.6. The van der Waals surface area contributed by atoms with Gasteiger partial charge in [0.1, 0.15) is 0 Å². The topological polar surface area (TPSA) is 72.2 Å². The molecular weight excluding hydrogens is 268 g/mol. The fraction of sp³-hybridized carbons (Fsp3) is 0.500. The Labute approximate surface area is 112 Å². The van der Waals surface area contributed by atoms with Gasteiger partial charge in [-0.05, 0) is 36.0 Å². The van der Waals surface area contributed by atoms with Gasteiger partial charge < -0.3 is 11.1 Å². The second kappa shape index (κ2) is 5.40. The Morgan fingerprint density at radius 1 is 1.50 bits per heavy atom. The van der Waals surface area contributed by atoms with Crippen LogP contribution in [0.2, 0.25) is 0 Å². The van der Waals surface area contributed by atoms with Crippen LogP contribution in [0.3, 0.4) is 0 Å². The molecule has 100 valence electrons. The highest BCUT2D eigenvalue weighted by molar-refractivity contribution is 7.99. The SMILES string of the molecule is CS(=O)(=O)c1cccc(NCC2CCSC2)c1N. The van der Waals surface area contributed by atoms with Gasteiger partial charge in [0.05, 0.1) is 16.3 Å². The maximum Gasteiger partial charge on any atom is 0.177 e. The number of hydrogen-bond donors (Lipinski definition) is 2. The van der Waals surface area contributed by atoms with E-state index in [9.17, 15) is 8.42 Å². The predicted molar refractivity (Wildman–Crippen MR) is 77.9 cm³/mol. The highest BCUT2D eigenvalue weighted by Gasteiger charge is 2.17. The molecule has 0 spiro atoms. The van der Waals surface area contributed by atoms with Crippen LogP contribution in [-0.2, 0) is 9.84 Å². The first-order valence-corrected chi connectivity index (χ1v) is 8.93. The summed E-state index contributed by atoms with van der Waals surface area (Å²) in [6.07, 6.45) is 2.39. The van der Waals surface area contributed by atoms with E-state index >= 15 is 0 Å². The lowest BCUT2D eigenvalue weighted by molar-refractivity contribution is 0.602. The van der Waals surface area contributed by atoms with Crippen molar-refractivity contribution in [3.8, 4) is 0 Å². The van der Waals surface area contributed by atoms with Gasteiger partial charge in [-0.2, -0.15) is 11.8 Å². The first kappa shape index (κ1) is 13.5. The van der Waals surface area contributed by atoms with Crippen LogP contribution in [0.5, 0.6) is 0 Å². The molecule has 0 aromatic heterocycles. The van der Waals surface area contributed by atoms with Gasteiger partial charge in [-0.15, -0.1) is 0 Å². The largest absolute Gasteiger partial charge is 0.396 e. The number of sulfone groups is 1. The third kappa shape index (κ3) is 3.11. The Morgan fingerprint density at radius 2 is 2.28 bits per heavy atom. The van der Waals surface area contributed by atoms with Crippen LogP contribution < -0.4 is 11.1 Å². The molecule has 2 rings (SSSR count). The molecule has 6 heteroatoms. The highest BCUT2D eigenvalue weighted by Crippen LogP contribution is 2.28. The normalized spacial score (nSPS) is 19.9. The molecule has 1 aliphatic heterocycles. The Morgan fingerprint density at radius 3 is 2.89 bits per heavy atom. The lowest BCUT2D eigenvalue weighted by atomic mass is 10.1.